The molecule has 26 heavy (non-hydrogen) atoms. The summed E-state index contributed by atoms with van der Waals surface area (Å²) >= 11 is 0. The van der Waals surface area contributed by atoms with Crippen LogP contribution < -0.4 is 0 Å². The Balaban J connectivity index is 1.61. The molecule has 1 aliphatic heterocycles. The average molecular weight is 357 g/mol. The molecule has 2 heterocycles. The molecule has 2 N–H and O–H groups in total. The minimum absolute atomic E-state index is 0.0229. The number of nitrogens with zero attached hydrogens (tertiary/aromatic N) is 2. The number of H-pyrrole nitrogens is 1. The highest BCUT2D eigenvalue weighted by Crippen LogP contribution is 2.19. The number of fused-ring (bicyclic) bond motifs is 1. The van der Waals surface area contributed by atoms with Gasteiger partial charge in [-0.15, -0.1) is 0 Å². The van der Waals surface area contributed by atoms with E-state index in [9.17, 15) is 14.4 Å². The molecule has 3 rings (SSSR count). The van der Waals surface area contributed by atoms with Crippen molar-refractivity contribution in [1.29, 1.82) is 0 Å². The molecule has 0 unspecified atom stereocenters. The van der Waals surface area contributed by atoms with Gasteiger partial charge >= 0.3 is 5.97 Å². The van der Waals surface area contributed by atoms with E-state index in [4.69, 9.17) is 5.11 Å². The van der Waals surface area contributed by atoms with Crippen molar-refractivity contribution in [2.45, 2.75) is 19.8 Å². The highest BCUT2D eigenvalue weighted by molar-refractivity contribution is 5.99. The molecule has 0 saturated carbocycles. The number of amides is 2. The third-order valence-corrected chi connectivity index (χ3v) is 4.92. The molecule has 0 aliphatic carbocycles. The van der Waals surface area contributed by atoms with Crippen LogP contribution in [0.2, 0.25) is 0 Å². The van der Waals surface area contributed by atoms with Gasteiger partial charge in [0, 0.05) is 31.0 Å². The molecule has 2 amide bonds. The lowest BCUT2D eigenvalue weighted by Gasteiger charge is -2.31. The second kappa shape index (κ2) is 7.19. The van der Waals surface area contributed by atoms with E-state index in [2.05, 4.69) is 4.98 Å². The van der Waals surface area contributed by atoms with Crippen molar-refractivity contribution >= 4 is 28.7 Å². The molecule has 7 nitrogen and oxygen atoms in total. The summed E-state index contributed by atoms with van der Waals surface area (Å²) in [4.78, 5) is 42.1. The maximum absolute atomic E-state index is 12.6. The number of rotatable bonds is 4. The zero-order chi connectivity index (χ0) is 18.8. The molecule has 7 heteroatoms. The minimum Gasteiger partial charge on any atom is -0.481 e. The van der Waals surface area contributed by atoms with Crippen LogP contribution in [0.25, 0.3) is 10.9 Å². The van der Waals surface area contributed by atoms with E-state index in [0.29, 0.717) is 31.6 Å². The molecule has 0 atom stereocenters. The summed E-state index contributed by atoms with van der Waals surface area (Å²) in [7, 11) is 1.60. The number of benzene rings is 1. The van der Waals surface area contributed by atoms with Crippen molar-refractivity contribution in [2.75, 3.05) is 26.7 Å². The van der Waals surface area contributed by atoms with Crippen LogP contribution in [0, 0.1) is 12.8 Å². The number of aromatic amines is 1. The Bertz CT molecular complexity index is 850. The Hall–Kier alpha value is -2.83. The van der Waals surface area contributed by atoms with Gasteiger partial charge in [-0.25, -0.2) is 0 Å². The highest BCUT2D eigenvalue weighted by atomic mass is 16.4. The standard InChI is InChI=1S/C19H23N3O4/c1-12-3-4-14-10-16(20-15(14)9-12)18(24)21(2)11-17(23)22-7-5-13(6-8-22)19(25)26/h3-4,9-10,13,20H,5-8,11H2,1-2H3,(H,25,26). The van der Waals surface area contributed by atoms with E-state index in [1.54, 1.807) is 18.0 Å². The van der Waals surface area contributed by atoms with Crippen molar-refractivity contribution in [1.82, 2.24) is 14.8 Å². The first-order valence-corrected chi connectivity index (χ1v) is 8.70. The zero-order valence-electron chi connectivity index (χ0n) is 15.0. The van der Waals surface area contributed by atoms with Crippen LogP contribution in [0.5, 0.6) is 0 Å². The summed E-state index contributed by atoms with van der Waals surface area (Å²) < 4.78 is 0. The molecule has 1 fully saturated rings. The van der Waals surface area contributed by atoms with Gasteiger partial charge in [0.2, 0.25) is 5.91 Å². The van der Waals surface area contributed by atoms with E-state index in [-0.39, 0.29) is 24.3 Å². The molecule has 0 bridgehead atoms. The molecule has 1 aliphatic rings. The molecular weight excluding hydrogens is 334 g/mol. The van der Waals surface area contributed by atoms with Crippen LogP contribution in [0.4, 0.5) is 0 Å². The van der Waals surface area contributed by atoms with Crippen LogP contribution in [-0.4, -0.2) is 64.4 Å². The van der Waals surface area contributed by atoms with E-state index in [1.165, 1.54) is 4.90 Å². The van der Waals surface area contributed by atoms with E-state index in [1.807, 2.05) is 25.1 Å². The second-order valence-electron chi connectivity index (χ2n) is 6.93. The Labute approximate surface area is 151 Å². The topological polar surface area (TPSA) is 93.7 Å². The van der Waals surface area contributed by atoms with Crippen LogP contribution in [-0.2, 0) is 9.59 Å². The molecule has 0 spiro atoms. The normalized spacial score (nSPS) is 15.2. The van der Waals surface area contributed by atoms with Gasteiger partial charge in [-0.2, -0.15) is 0 Å². The van der Waals surface area contributed by atoms with Crippen LogP contribution in [0.1, 0.15) is 28.9 Å². The molecule has 1 saturated heterocycles. The number of carbonyl (C=O) groups is 3. The number of likely N-dealkylation sites (N-methyl/N-ethyl adjacent to an activating group) is 1. The smallest absolute Gasteiger partial charge is 0.306 e. The molecular formula is C19H23N3O4. The van der Waals surface area contributed by atoms with Crippen molar-refractivity contribution in [2.24, 2.45) is 5.92 Å². The largest absolute Gasteiger partial charge is 0.481 e. The number of aliphatic carboxylic acids is 1. The summed E-state index contributed by atoms with van der Waals surface area (Å²) in [6.07, 6.45) is 0.917. The van der Waals surface area contributed by atoms with Gasteiger partial charge in [-0.05, 0) is 37.5 Å². The van der Waals surface area contributed by atoms with Gasteiger partial charge < -0.3 is 19.9 Å². The Morgan fingerprint density at radius 3 is 2.58 bits per heavy atom. The number of likely N-dealkylation sites (tertiary alicyclic amines) is 1. The van der Waals surface area contributed by atoms with Crippen molar-refractivity contribution in [3.63, 3.8) is 0 Å². The predicted molar refractivity (Wildman–Crippen MR) is 96.9 cm³/mol. The van der Waals surface area contributed by atoms with Crippen molar-refractivity contribution < 1.29 is 19.5 Å². The lowest BCUT2D eigenvalue weighted by atomic mass is 9.97. The monoisotopic (exact) mass is 357 g/mol. The first-order chi connectivity index (χ1) is 12.3. The van der Waals surface area contributed by atoms with Crippen molar-refractivity contribution in [3.05, 3.63) is 35.5 Å². The van der Waals surface area contributed by atoms with Gasteiger partial charge in [-0.1, -0.05) is 12.1 Å². The second-order valence-corrected chi connectivity index (χ2v) is 6.93. The van der Waals surface area contributed by atoms with Gasteiger partial charge in [0.1, 0.15) is 5.69 Å². The number of carboxylic acid groups (broad SMARTS) is 1. The summed E-state index contributed by atoms with van der Waals surface area (Å²) in [5.74, 6) is -1.59. The number of hydrogen-bond donors (Lipinski definition) is 2. The zero-order valence-corrected chi connectivity index (χ0v) is 15.0. The van der Waals surface area contributed by atoms with Gasteiger partial charge in [0.25, 0.3) is 5.91 Å². The average Bonchev–Trinajstić information content (AvgIpc) is 3.04. The summed E-state index contributed by atoms with van der Waals surface area (Å²) in [5.41, 5.74) is 2.45. The van der Waals surface area contributed by atoms with Gasteiger partial charge in [0.05, 0.1) is 12.5 Å². The predicted octanol–water partition coefficient (Wildman–Crippen LogP) is 1.87. The fraction of sp³-hybridized carbons (Fsp3) is 0.421. The molecule has 2 aromatic rings. The van der Waals surface area contributed by atoms with E-state index >= 15 is 0 Å². The number of carbonyl (C=O) groups excluding carboxylic acids is 2. The van der Waals surface area contributed by atoms with Gasteiger partial charge in [-0.3, -0.25) is 14.4 Å². The summed E-state index contributed by atoms with van der Waals surface area (Å²) in [5, 5.41) is 9.98. The summed E-state index contributed by atoms with van der Waals surface area (Å²) in [6, 6.07) is 7.70. The SMILES string of the molecule is Cc1ccc2cc(C(=O)N(C)CC(=O)N3CCC(C(=O)O)CC3)[nH]c2c1. The molecule has 138 valence electrons. The maximum atomic E-state index is 12.6. The maximum Gasteiger partial charge on any atom is 0.306 e. The highest BCUT2D eigenvalue weighted by Gasteiger charge is 2.28. The Morgan fingerprint density at radius 1 is 1.23 bits per heavy atom. The number of aryl methyl sites for hydroxylation is 1. The number of aromatic nitrogens is 1. The lowest BCUT2D eigenvalue weighted by Crippen LogP contribution is -2.45. The van der Waals surface area contributed by atoms with Crippen LogP contribution in [0.15, 0.2) is 24.3 Å². The van der Waals surface area contributed by atoms with Gasteiger partial charge in [0.15, 0.2) is 0 Å². The van der Waals surface area contributed by atoms with E-state index < -0.39 is 5.97 Å². The number of piperidine rings is 1. The number of carboxylic acids is 1. The van der Waals surface area contributed by atoms with Crippen LogP contribution >= 0.6 is 0 Å². The minimum atomic E-state index is -0.807. The Kier molecular flexibility index (Phi) is 4.97. The fourth-order valence-corrected chi connectivity index (χ4v) is 3.31. The third-order valence-electron chi connectivity index (χ3n) is 4.92. The molecule has 1 aromatic carbocycles. The first-order valence-electron chi connectivity index (χ1n) is 8.70. The third kappa shape index (κ3) is 3.71. The van der Waals surface area contributed by atoms with E-state index in [0.717, 1.165) is 16.5 Å². The number of nitrogens with one attached hydrogen (secondary N) is 1. The lowest BCUT2D eigenvalue weighted by molar-refractivity contribution is -0.145. The summed E-state index contributed by atoms with van der Waals surface area (Å²) in [6.45, 7) is 2.80. The van der Waals surface area contributed by atoms with Crippen LogP contribution in [0.3, 0.4) is 0 Å². The first kappa shape index (κ1) is 18.0. The van der Waals surface area contributed by atoms with Crippen molar-refractivity contribution in [3.8, 4) is 0 Å². The quantitative estimate of drug-likeness (QED) is 0.873. The molecule has 0 radical (unpaired) electrons. The molecule has 1 aromatic heterocycles. The number of hydrogen-bond acceptors (Lipinski definition) is 3. The Morgan fingerprint density at radius 2 is 1.92 bits per heavy atom. The fourth-order valence-electron chi connectivity index (χ4n) is 3.31.